The maximum Gasteiger partial charge on any atom is 0.287 e. The van der Waals surface area contributed by atoms with Gasteiger partial charge in [-0.15, -0.1) is 17.9 Å². The first-order valence-electron chi connectivity index (χ1n) is 6.60. The molecule has 0 aliphatic heterocycles. The van der Waals surface area contributed by atoms with Crippen molar-refractivity contribution in [3.8, 4) is 0 Å². The molecule has 1 N–H and O–H groups in total. The molecule has 112 valence electrons. The molecule has 6 heteroatoms. The monoisotopic (exact) mass is 323 g/mol. The molecule has 2 aromatic heterocycles. The van der Waals surface area contributed by atoms with Crippen molar-refractivity contribution in [3.05, 3.63) is 56.6 Å². The van der Waals surface area contributed by atoms with Crippen molar-refractivity contribution < 1.29 is 0 Å². The van der Waals surface area contributed by atoms with Crippen LogP contribution in [0.5, 0.6) is 0 Å². The molecule has 4 nitrogen and oxygen atoms in total. The average Bonchev–Trinajstić information content (AvgIpc) is 2.98. The maximum atomic E-state index is 12.0. The number of allylic oxidation sites excluding steroid dienone is 1. The molecule has 2 heterocycles. The summed E-state index contributed by atoms with van der Waals surface area (Å²) in [5.41, 5.74) is 0.204. The highest BCUT2D eigenvalue weighted by molar-refractivity contribution is 7.10. The van der Waals surface area contributed by atoms with E-state index in [1.807, 2.05) is 6.07 Å². The second-order valence-electron chi connectivity index (χ2n) is 5.36. The van der Waals surface area contributed by atoms with Crippen molar-refractivity contribution in [3.63, 3.8) is 0 Å². The van der Waals surface area contributed by atoms with Gasteiger partial charge < -0.3 is 5.32 Å². The minimum atomic E-state index is -0.310. The van der Waals surface area contributed by atoms with Gasteiger partial charge in [0.2, 0.25) is 0 Å². The highest BCUT2D eigenvalue weighted by Gasteiger charge is 2.22. The Labute approximate surface area is 133 Å². The first kappa shape index (κ1) is 15.8. The van der Waals surface area contributed by atoms with Crippen LogP contribution in [0.1, 0.15) is 18.7 Å². The van der Waals surface area contributed by atoms with Crippen LogP contribution >= 0.6 is 22.9 Å². The zero-order valence-electron chi connectivity index (χ0n) is 12.1. The van der Waals surface area contributed by atoms with E-state index >= 15 is 0 Å². The lowest BCUT2D eigenvalue weighted by atomic mass is 9.91. The fourth-order valence-electron chi connectivity index (χ4n) is 1.91. The maximum absolute atomic E-state index is 12.0. The van der Waals surface area contributed by atoms with Crippen molar-refractivity contribution >= 4 is 28.6 Å². The molecule has 0 amide bonds. The van der Waals surface area contributed by atoms with Gasteiger partial charge in [0.25, 0.3) is 5.56 Å². The Morgan fingerprint density at radius 2 is 2.33 bits per heavy atom. The number of nitrogens with one attached hydrogen (secondary N) is 1. The van der Waals surface area contributed by atoms with E-state index in [9.17, 15) is 4.79 Å². The second-order valence-corrected chi connectivity index (χ2v) is 6.69. The minimum absolute atomic E-state index is 0.0481. The van der Waals surface area contributed by atoms with E-state index in [0.29, 0.717) is 18.8 Å². The van der Waals surface area contributed by atoms with Crippen LogP contribution in [0.15, 0.2) is 41.2 Å². The average molecular weight is 324 g/mol. The van der Waals surface area contributed by atoms with Crippen LogP contribution in [-0.2, 0) is 12.0 Å². The van der Waals surface area contributed by atoms with Crippen molar-refractivity contribution in [2.45, 2.75) is 25.8 Å². The quantitative estimate of drug-likeness (QED) is 0.827. The number of halogens is 1. The first-order valence-corrected chi connectivity index (χ1v) is 7.86. The third-order valence-electron chi connectivity index (χ3n) is 3.20. The molecular weight excluding hydrogens is 306 g/mol. The van der Waals surface area contributed by atoms with Gasteiger partial charge in [0.15, 0.2) is 0 Å². The fourth-order valence-corrected chi connectivity index (χ4v) is 2.97. The number of rotatable bonds is 6. The summed E-state index contributed by atoms with van der Waals surface area (Å²) in [4.78, 5) is 13.3. The topological polar surface area (TPSA) is 46.9 Å². The van der Waals surface area contributed by atoms with Gasteiger partial charge >= 0.3 is 0 Å². The van der Waals surface area contributed by atoms with Crippen LogP contribution in [0, 0.1) is 0 Å². The largest absolute Gasteiger partial charge is 0.381 e. The van der Waals surface area contributed by atoms with Crippen molar-refractivity contribution in [2.75, 3.05) is 11.9 Å². The Morgan fingerprint density at radius 1 is 1.57 bits per heavy atom. The van der Waals surface area contributed by atoms with Crippen molar-refractivity contribution in [1.29, 1.82) is 0 Å². The molecule has 0 saturated heterocycles. The summed E-state index contributed by atoms with van der Waals surface area (Å²) in [6.07, 6.45) is 3.19. The molecule has 0 saturated carbocycles. The van der Waals surface area contributed by atoms with E-state index < -0.39 is 0 Å². The Hall–Kier alpha value is -1.59. The summed E-state index contributed by atoms with van der Waals surface area (Å²) in [7, 11) is 0. The summed E-state index contributed by atoms with van der Waals surface area (Å²) in [5.74, 6) is 0. The molecule has 0 aromatic carbocycles. The smallest absolute Gasteiger partial charge is 0.287 e. The van der Waals surface area contributed by atoms with Crippen LogP contribution < -0.4 is 10.9 Å². The SMILES string of the molecule is C=CCn1ncc(NCC(C)(C)c2cccs2)c(Cl)c1=O. The number of thiophene rings is 1. The molecule has 0 fully saturated rings. The van der Waals surface area contributed by atoms with Gasteiger partial charge in [-0.1, -0.05) is 37.6 Å². The zero-order chi connectivity index (χ0) is 15.5. The Morgan fingerprint density at radius 3 is 2.95 bits per heavy atom. The summed E-state index contributed by atoms with van der Waals surface area (Å²) in [6.45, 7) is 8.89. The third-order valence-corrected chi connectivity index (χ3v) is 4.80. The summed E-state index contributed by atoms with van der Waals surface area (Å²) in [5, 5.41) is 9.52. The molecule has 0 unspecified atom stereocenters. The lowest BCUT2D eigenvalue weighted by Crippen LogP contribution is -2.29. The minimum Gasteiger partial charge on any atom is -0.381 e. The van der Waals surface area contributed by atoms with Crippen LogP contribution in [-0.4, -0.2) is 16.3 Å². The molecule has 0 radical (unpaired) electrons. The standard InChI is InChI=1S/C15H18ClN3OS/c1-4-7-19-14(20)13(16)11(9-18-19)17-10-15(2,3)12-6-5-8-21-12/h4-6,8-9,17H,1,7,10H2,2-3H3. The lowest BCUT2D eigenvalue weighted by Gasteiger charge is -2.24. The normalized spacial score (nSPS) is 11.4. The van der Waals surface area contributed by atoms with Crippen LogP contribution in [0.4, 0.5) is 5.69 Å². The lowest BCUT2D eigenvalue weighted by molar-refractivity contribution is 0.568. The van der Waals surface area contributed by atoms with Gasteiger partial charge in [0.1, 0.15) is 5.02 Å². The van der Waals surface area contributed by atoms with E-state index in [2.05, 4.69) is 42.3 Å². The van der Waals surface area contributed by atoms with Gasteiger partial charge in [-0.2, -0.15) is 5.10 Å². The summed E-state index contributed by atoms with van der Waals surface area (Å²) < 4.78 is 1.28. The Balaban J connectivity index is 2.16. The van der Waals surface area contributed by atoms with Gasteiger partial charge in [0.05, 0.1) is 18.4 Å². The molecule has 21 heavy (non-hydrogen) atoms. The van der Waals surface area contributed by atoms with Gasteiger partial charge in [-0.25, -0.2) is 4.68 Å². The number of aromatic nitrogens is 2. The van der Waals surface area contributed by atoms with Gasteiger partial charge in [0, 0.05) is 16.8 Å². The molecule has 0 spiro atoms. The molecule has 0 aliphatic carbocycles. The van der Waals surface area contributed by atoms with Gasteiger partial charge in [-0.05, 0) is 11.4 Å². The highest BCUT2D eigenvalue weighted by Crippen LogP contribution is 2.28. The Kier molecular flexibility index (Phi) is 4.85. The van der Waals surface area contributed by atoms with E-state index in [-0.39, 0.29) is 16.0 Å². The predicted molar refractivity (Wildman–Crippen MR) is 89.5 cm³/mol. The summed E-state index contributed by atoms with van der Waals surface area (Å²) in [6, 6.07) is 4.14. The van der Waals surface area contributed by atoms with Crippen LogP contribution in [0.25, 0.3) is 0 Å². The zero-order valence-corrected chi connectivity index (χ0v) is 13.7. The van der Waals surface area contributed by atoms with E-state index in [1.165, 1.54) is 9.56 Å². The predicted octanol–water partition coefficient (Wildman–Crippen LogP) is 3.53. The fraction of sp³-hybridized carbons (Fsp3) is 0.333. The first-order chi connectivity index (χ1) is 9.95. The van der Waals surface area contributed by atoms with E-state index in [1.54, 1.807) is 23.6 Å². The number of anilines is 1. The molecule has 0 atom stereocenters. The second kappa shape index (κ2) is 6.45. The van der Waals surface area contributed by atoms with Crippen LogP contribution in [0.2, 0.25) is 5.02 Å². The molecule has 2 aromatic rings. The van der Waals surface area contributed by atoms with Crippen molar-refractivity contribution in [2.24, 2.45) is 0 Å². The van der Waals surface area contributed by atoms with E-state index in [0.717, 1.165) is 0 Å². The Bertz CT molecular complexity index is 677. The molecular formula is C15H18ClN3OS. The van der Waals surface area contributed by atoms with Gasteiger partial charge in [-0.3, -0.25) is 4.79 Å². The molecule has 2 rings (SSSR count). The number of hydrogen-bond donors (Lipinski definition) is 1. The summed E-state index contributed by atoms with van der Waals surface area (Å²) >= 11 is 7.84. The third kappa shape index (κ3) is 3.54. The number of hydrogen-bond acceptors (Lipinski definition) is 4. The number of nitrogens with zero attached hydrogens (tertiary/aromatic N) is 2. The molecule has 0 aliphatic rings. The van der Waals surface area contributed by atoms with Crippen molar-refractivity contribution in [1.82, 2.24) is 9.78 Å². The van der Waals surface area contributed by atoms with Crippen LogP contribution in [0.3, 0.4) is 0 Å². The van der Waals surface area contributed by atoms with E-state index in [4.69, 9.17) is 11.6 Å². The highest BCUT2D eigenvalue weighted by atomic mass is 35.5. The molecule has 0 bridgehead atoms.